The van der Waals surface area contributed by atoms with Gasteiger partial charge in [0.1, 0.15) is 17.1 Å². The molecule has 1 aromatic carbocycles. The van der Waals surface area contributed by atoms with Crippen LogP contribution >= 0.6 is 0 Å². The van der Waals surface area contributed by atoms with Crippen LogP contribution in [-0.4, -0.2) is 24.7 Å². The number of pyridine rings is 1. The zero-order chi connectivity index (χ0) is 15.4. The first-order valence-electron chi connectivity index (χ1n) is 6.55. The highest BCUT2D eigenvalue weighted by atomic mass is 19.1. The molecule has 0 N–H and O–H groups in total. The van der Waals surface area contributed by atoms with Crippen LogP contribution in [-0.2, 0) is 9.53 Å². The van der Waals surface area contributed by atoms with E-state index in [2.05, 4.69) is 4.98 Å². The van der Waals surface area contributed by atoms with E-state index in [-0.39, 0.29) is 5.52 Å². The first kappa shape index (κ1) is 15.0. The lowest BCUT2D eigenvalue weighted by Crippen LogP contribution is -1.98. The predicted octanol–water partition coefficient (Wildman–Crippen LogP) is 3.27. The summed E-state index contributed by atoms with van der Waals surface area (Å²) in [5, 5.41) is 0.562. The molecule has 110 valence electrons. The van der Waals surface area contributed by atoms with Crippen molar-refractivity contribution in [2.24, 2.45) is 0 Å². The lowest BCUT2D eigenvalue weighted by Gasteiger charge is -2.08. The van der Waals surface area contributed by atoms with Crippen molar-refractivity contribution in [1.82, 2.24) is 4.98 Å². The summed E-state index contributed by atoms with van der Waals surface area (Å²) in [5.41, 5.74) is 1.46. The number of methoxy groups -OCH3 is 1. The Kier molecular flexibility index (Phi) is 4.52. The van der Waals surface area contributed by atoms with Gasteiger partial charge in [-0.25, -0.2) is 14.2 Å². The maximum atomic E-state index is 14.1. The summed E-state index contributed by atoms with van der Waals surface area (Å²) in [6.07, 6.45) is 2.76. The molecule has 0 spiro atoms. The Morgan fingerprint density at radius 1 is 1.38 bits per heavy atom. The van der Waals surface area contributed by atoms with Crippen molar-refractivity contribution in [3.8, 4) is 5.75 Å². The second-order valence-electron chi connectivity index (χ2n) is 4.45. The number of carbonyl (C=O) groups is 1. The maximum Gasteiger partial charge on any atom is 0.330 e. The van der Waals surface area contributed by atoms with Gasteiger partial charge in [-0.15, -0.1) is 0 Å². The molecule has 0 unspecified atom stereocenters. The molecule has 0 fully saturated rings. The summed E-state index contributed by atoms with van der Waals surface area (Å²) in [5.74, 6) is -0.382. The van der Waals surface area contributed by atoms with Gasteiger partial charge in [-0.05, 0) is 37.6 Å². The van der Waals surface area contributed by atoms with Gasteiger partial charge in [-0.3, -0.25) is 0 Å². The topological polar surface area (TPSA) is 48.4 Å². The van der Waals surface area contributed by atoms with Crippen LogP contribution < -0.4 is 4.74 Å². The van der Waals surface area contributed by atoms with Gasteiger partial charge < -0.3 is 9.47 Å². The number of ether oxygens (including phenoxy) is 2. The highest BCUT2D eigenvalue weighted by molar-refractivity contribution is 5.91. The number of aromatic nitrogens is 1. The molecule has 0 aliphatic carbocycles. The molecule has 0 aliphatic rings. The zero-order valence-electron chi connectivity index (χ0n) is 12.1. The molecule has 0 atom stereocenters. The van der Waals surface area contributed by atoms with Crippen molar-refractivity contribution in [1.29, 1.82) is 0 Å². The van der Waals surface area contributed by atoms with Gasteiger partial charge in [-0.2, -0.15) is 0 Å². The number of fused-ring (bicyclic) bond motifs is 1. The minimum absolute atomic E-state index is 0.250. The third kappa shape index (κ3) is 3.37. The Hall–Kier alpha value is -2.43. The minimum Gasteiger partial charge on any atom is -0.496 e. The van der Waals surface area contributed by atoms with Crippen LogP contribution in [0.25, 0.3) is 17.0 Å². The number of rotatable bonds is 4. The second-order valence-corrected chi connectivity index (χ2v) is 4.45. The second kappa shape index (κ2) is 6.35. The molecular formula is C16H16FNO3. The SMILES string of the molecule is CCOC(=O)/C=C/c1cc(F)c2nc(C)cc(OC)c2c1. The molecule has 2 rings (SSSR count). The summed E-state index contributed by atoms with van der Waals surface area (Å²) in [6, 6.07) is 4.78. The van der Waals surface area contributed by atoms with E-state index < -0.39 is 11.8 Å². The van der Waals surface area contributed by atoms with Crippen LogP contribution in [0.15, 0.2) is 24.3 Å². The predicted molar refractivity (Wildman–Crippen MR) is 78.7 cm³/mol. The molecule has 0 amide bonds. The Labute approximate surface area is 122 Å². The molecule has 0 bridgehead atoms. The number of benzene rings is 1. The zero-order valence-corrected chi connectivity index (χ0v) is 12.1. The van der Waals surface area contributed by atoms with Gasteiger partial charge in [0.2, 0.25) is 0 Å². The summed E-state index contributed by atoms with van der Waals surface area (Å²) < 4.78 is 24.2. The summed E-state index contributed by atoms with van der Waals surface area (Å²) >= 11 is 0. The van der Waals surface area contributed by atoms with Crippen molar-refractivity contribution in [3.05, 3.63) is 41.3 Å². The van der Waals surface area contributed by atoms with Crippen LogP contribution in [0.3, 0.4) is 0 Å². The van der Waals surface area contributed by atoms with Crippen molar-refractivity contribution in [3.63, 3.8) is 0 Å². The number of hydrogen-bond donors (Lipinski definition) is 0. The van der Waals surface area contributed by atoms with Gasteiger partial charge >= 0.3 is 5.97 Å². The van der Waals surface area contributed by atoms with E-state index >= 15 is 0 Å². The van der Waals surface area contributed by atoms with Crippen LogP contribution in [0.1, 0.15) is 18.2 Å². The highest BCUT2D eigenvalue weighted by Gasteiger charge is 2.10. The summed E-state index contributed by atoms with van der Waals surface area (Å²) in [4.78, 5) is 15.5. The standard InChI is InChI=1S/C16H16FNO3/c1-4-21-15(19)6-5-11-8-12-14(20-3)7-10(2)18-16(12)13(17)9-11/h5-9H,4H2,1-3H3/b6-5+. The molecule has 0 saturated carbocycles. The van der Waals surface area contributed by atoms with E-state index in [1.165, 1.54) is 25.3 Å². The monoisotopic (exact) mass is 289 g/mol. The maximum absolute atomic E-state index is 14.1. The number of carbonyl (C=O) groups excluding carboxylic acids is 1. The van der Waals surface area contributed by atoms with Crippen molar-refractivity contribution in [2.45, 2.75) is 13.8 Å². The van der Waals surface area contributed by atoms with Crippen molar-refractivity contribution >= 4 is 22.9 Å². The molecule has 4 nitrogen and oxygen atoms in total. The Balaban J connectivity index is 2.49. The van der Waals surface area contributed by atoms with Gasteiger partial charge in [0, 0.05) is 23.2 Å². The van der Waals surface area contributed by atoms with E-state index in [1.54, 1.807) is 26.0 Å². The van der Waals surface area contributed by atoms with Crippen LogP contribution in [0.5, 0.6) is 5.75 Å². The first-order chi connectivity index (χ1) is 10.0. The van der Waals surface area contributed by atoms with Gasteiger partial charge in [0.25, 0.3) is 0 Å². The molecule has 0 aliphatic heterocycles. The fourth-order valence-electron chi connectivity index (χ4n) is 2.02. The van der Waals surface area contributed by atoms with E-state index in [0.29, 0.717) is 29.0 Å². The van der Waals surface area contributed by atoms with Crippen LogP contribution in [0.2, 0.25) is 0 Å². The molecule has 2 aromatic rings. The van der Waals surface area contributed by atoms with Gasteiger partial charge in [-0.1, -0.05) is 0 Å². The van der Waals surface area contributed by atoms with Gasteiger partial charge in [0.15, 0.2) is 0 Å². The van der Waals surface area contributed by atoms with Crippen LogP contribution in [0, 0.1) is 12.7 Å². The minimum atomic E-state index is -0.466. The van der Waals surface area contributed by atoms with E-state index in [9.17, 15) is 9.18 Å². The van der Waals surface area contributed by atoms with E-state index in [0.717, 1.165) is 0 Å². The quantitative estimate of drug-likeness (QED) is 0.640. The molecule has 1 aromatic heterocycles. The lowest BCUT2D eigenvalue weighted by atomic mass is 10.1. The molecule has 1 heterocycles. The number of halogens is 1. The Bertz CT molecular complexity index is 710. The molecule has 21 heavy (non-hydrogen) atoms. The number of aryl methyl sites for hydroxylation is 1. The fraction of sp³-hybridized carbons (Fsp3) is 0.250. The summed E-state index contributed by atoms with van der Waals surface area (Å²) in [7, 11) is 1.52. The molecular weight excluding hydrogens is 273 g/mol. The van der Waals surface area contributed by atoms with Crippen molar-refractivity contribution in [2.75, 3.05) is 13.7 Å². The Morgan fingerprint density at radius 2 is 2.14 bits per heavy atom. The Morgan fingerprint density at radius 3 is 2.81 bits per heavy atom. The average molecular weight is 289 g/mol. The lowest BCUT2D eigenvalue weighted by molar-refractivity contribution is -0.137. The average Bonchev–Trinajstić information content (AvgIpc) is 2.45. The summed E-state index contributed by atoms with van der Waals surface area (Å²) in [6.45, 7) is 3.79. The molecule has 0 saturated heterocycles. The van der Waals surface area contributed by atoms with E-state index in [1.807, 2.05) is 0 Å². The van der Waals surface area contributed by atoms with Crippen LogP contribution in [0.4, 0.5) is 4.39 Å². The van der Waals surface area contributed by atoms with E-state index in [4.69, 9.17) is 9.47 Å². The highest BCUT2D eigenvalue weighted by Crippen LogP contribution is 2.28. The fourth-order valence-corrected chi connectivity index (χ4v) is 2.02. The smallest absolute Gasteiger partial charge is 0.330 e. The first-order valence-corrected chi connectivity index (χ1v) is 6.55. The van der Waals surface area contributed by atoms with Gasteiger partial charge in [0.05, 0.1) is 13.7 Å². The third-order valence-electron chi connectivity index (χ3n) is 2.90. The number of hydrogen-bond acceptors (Lipinski definition) is 4. The molecule has 0 radical (unpaired) electrons. The third-order valence-corrected chi connectivity index (χ3v) is 2.90. The number of esters is 1. The molecule has 5 heteroatoms. The van der Waals surface area contributed by atoms with Crippen molar-refractivity contribution < 1.29 is 18.7 Å². The normalized spacial score (nSPS) is 11.0. The largest absolute Gasteiger partial charge is 0.496 e. The number of nitrogens with zero attached hydrogens (tertiary/aromatic N) is 1.